The fraction of sp³-hybridized carbons (Fsp3) is 0.103. The van der Waals surface area contributed by atoms with Crippen LogP contribution in [0.4, 0.5) is 0 Å². The van der Waals surface area contributed by atoms with Gasteiger partial charge in [-0.3, -0.25) is 19.4 Å². The fourth-order valence-electron chi connectivity index (χ4n) is 3.95. The summed E-state index contributed by atoms with van der Waals surface area (Å²) in [7, 11) is 1.65. The van der Waals surface area contributed by atoms with Crippen LogP contribution in [0.1, 0.15) is 27.4 Å². The van der Waals surface area contributed by atoms with Crippen molar-refractivity contribution in [1.29, 1.82) is 0 Å². The van der Waals surface area contributed by atoms with Gasteiger partial charge in [0, 0.05) is 53.3 Å². The lowest BCUT2D eigenvalue weighted by Crippen LogP contribution is -2.18. The fourth-order valence-corrected chi connectivity index (χ4v) is 4.92. The first-order valence-electron chi connectivity index (χ1n) is 11.7. The summed E-state index contributed by atoms with van der Waals surface area (Å²) in [5, 5.41) is 8.71. The van der Waals surface area contributed by atoms with Gasteiger partial charge in [-0.1, -0.05) is 36.0 Å². The van der Waals surface area contributed by atoms with Crippen LogP contribution < -0.4 is 5.32 Å². The number of amides is 1. The molecule has 6 nitrogen and oxygen atoms in total. The van der Waals surface area contributed by atoms with Gasteiger partial charge < -0.3 is 5.32 Å². The molecule has 1 N–H and O–H groups in total. The normalized spacial score (nSPS) is 11.2. The minimum absolute atomic E-state index is 0.0958. The smallest absolute Gasteiger partial charge is 0.252 e. The molecule has 0 aliphatic carbocycles. The Morgan fingerprint density at radius 2 is 1.75 bits per heavy atom. The van der Waals surface area contributed by atoms with Gasteiger partial charge in [-0.25, -0.2) is 0 Å². The third-order valence-electron chi connectivity index (χ3n) is 5.74. The van der Waals surface area contributed by atoms with Crippen LogP contribution in [0.25, 0.3) is 23.1 Å². The van der Waals surface area contributed by atoms with Gasteiger partial charge in [0.1, 0.15) is 0 Å². The molecule has 3 heterocycles. The highest BCUT2D eigenvalue weighted by Gasteiger charge is 2.14. The van der Waals surface area contributed by atoms with E-state index < -0.39 is 0 Å². The molecule has 5 rings (SSSR count). The molecule has 0 saturated carbocycles. The monoisotopic (exact) mass is 491 g/mol. The Hall–Kier alpha value is -4.23. The van der Waals surface area contributed by atoms with E-state index in [0.29, 0.717) is 12.1 Å². The molecule has 0 fully saturated rings. The Morgan fingerprint density at radius 1 is 0.944 bits per heavy atom. The van der Waals surface area contributed by atoms with Crippen molar-refractivity contribution < 1.29 is 4.79 Å². The van der Waals surface area contributed by atoms with Crippen molar-refractivity contribution >= 4 is 40.7 Å². The summed E-state index contributed by atoms with van der Waals surface area (Å²) in [6.07, 6.45) is 8.36. The molecular weight excluding hydrogens is 466 g/mol. The zero-order valence-electron chi connectivity index (χ0n) is 19.8. The number of benzene rings is 2. The highest BCUT2D eigenvalue weighted by Crippen LogP contribution is 2.33. The topological polar surface area (TPSA) is 72.7 Å². The molecule has 2 aromatic carbocycles. The van der Waals surface area contributed by atoms with E-state index in [2.05, 4.69) is 33.5 Å². The molecule has 0 saturated heterocycles. The van der Waals surface area contributed by atoms with Crippen molar-refractivity contribution in [1.82, 2.24) is 25.1 Å². The van der Waals surface area contributed by atoms with E-state index in [1.54, 1.807) is 25.0 Å². The summed E-state index contributed by atoms with van der Waals surface area (Å²) in [5.41, 5.74) is 4.49. The summed E-state index contributed by atoms with van der Waals surface area (Å²) in [5.74, 6) is -0.0958. The lowest BCUT2D eigenvalue weighted by molar-refractivity contribution is 0.0960. The molecule has 0 radical (unpaired) electrons. The van der Waals surface area contributed by atoms with E-state index in [0.717, 1.165) is 44.2 Å². The summed E-state index contributed by atoms with van der Waals surface area (Å²) < 4.78 is 2.04. The molecule has 0 atom stereocenters. The van der Waals surface area contributed by atoms with Crippen molar-refractivity contribution in [2.24, 2.45) is 0 Å². The van der Waals surface area contributed by atoms with E-state index in [1.807, 2.05) is 83.7 Å². The highest BCUT2D eigenvalue weighted by atomic mass is 32.2. The van der Waals surface area contributed by atoms with Gasteiger partial charge >= 0.3 is 0 Å². The molecule has 5 aromatic rings. The first-order chi connectivity index (χ1) is 17.7. The molecule has 7 heteroatoms. The Bertz CT molecular complexity index is 1510. The lowest BCUT2D eigenvalue weighted by Gasteiger charge is -2.09. The number of rotatable bonds is 8. The van der Waals surface area contributed by atoms with Gasteiger partial charge in [0.15, 0.2) is 0 Å². The van der Waals surface area contributed by atoms with Crippen LogP contribution in [-0.4, -0.2) is 32.7 Å². The largest absolute Gasteiger partial charge is 0.355 e. The van der Waals surface area contributed by atoms with Crippen molar-refractivity contribution in [3.63, 3.8) is 0 Å². The standard InChI is InChI=1S/C29H25N5OS/c1-30-29(35)25-10-2-3-11-28(25)36-23-13-14-24-26(15-12-21-8-4-6-17-31-21)33-34(27(24)20-23)19-16-22-9-5-7-18-32-22/h2-15,17-18,20H,16,19H2,1H3,(H,30,35). The van der Waals surface area contributed by atoms with Crippen molar-refractivity contribution in [2.45, 2.75) is 22.8 Å². The van der Waals surface area contributed by atoms with Gasteiger partial charge in [-0.05, 0) is 66.7 Å². The minimum Gasteiger partial charge on any atom is -0.355 e. The second-order valence-electron chi connectivity index (χ2n) is 8.12. The molecular formula is C29H25N5OS. The maximum absolute atomic E-state index is 12.3. The van der Waals surface area contributed by atoms with E-state index in [9.17, 15) is 4.79 Å². The molecule has 0 bridgehead atoms. The first-order valence-corrected chi connectivity index (χ1v) is 12.5. The second-order valence-corrected chi connectivity index (χ2v) is 9.24. The molecule has 178 valence electrons. The van der Waals surface area contributed by atoms with Gasteiger partial charge in [0.2, 0.25) is 0 Å². The van der Waals surface area contributed by atoms with Crippen LogP contribution >= 0.6 is 11.8 Å². The van der Waals surface area contributed by atoms with Crippen LogP contribution in [-0.2, 0) is 13.0 Å². The number of carbonyl (C=O) groups excluding carboxylic acids is 1. The van der Waals surface area contributed by atoms with Gasteiger partial charge in [-0.15, -0.1) is 0 Å². The molecule has 1 amide bonds. The number of hydrogen-bond acceptors (Lipinski definition) is 5. The molecule has 36 heavy (non-hydrogen) atoms. The van der Waals surface area contributed by atoms with Crippen molar-refractivity contribution in [3.05, 3.63) is 114 Å². The number of aryl methyl sites for hydroxylation is 2. The van der Waals surface area contributed by atoms with Crippen LogP contribution in [0, 0.1) is 0 Å². The van der Waals surface area contributed by atoms with E-state index in [1.165, 1.54) is 0 Å². The SMILES string of the molecule is CNC(=O)c1ccccc1Sc1ccc2c(C=Cc3ccccn3)nn(CCc3ccccn3)c2c1. The third-order valence-corrected chi connectivity index (χ3v) is 6.81. The summed E-state index contributed by atoms with van der Waals surface area (Å²) >= 11 is 1.57. The quantitative estimate of drug-likeness (QED) is 0.299. The maximum atomic E-state index is 12.3. The average Bonchev–Trinajstić information content (AvgIpc) is 3.28. The van der Waals surface area contributed by atoms with E-state index in [-0.39, 0.29) is 5.91 Å². The van der Waals surface area contributed by atoms with Gasteiger partial charge in [-0.2, -0.15) is 5.10 Å². The second kappa shape index (κ2) is 11.0. The number of aromatic nitrogens is 4. The number of pyridine rings is 2. The highest BCUT2D eigenvalue weighted by molar-refractivity contribution is 7.99. The maximum Gasteiger partial charge on any atom is 0.252 e. The van der Waals surface area contributed by atoms with E-state index in [4.69, 9.17) is 5.10 Å². The number of nitrogens with one attached hydrogen (secondary N) is 1. The van der Waals surface area contributed by atoms with Crippen LogP contribution in [0.3, 0.4) is 0 Å². The zero-order valence-corrected chi connectivity index (χ0v) is 20.7. The predicted molar refractivity (Wildman–Crippen MR) is 145 cm³/mol. The van der Waals surface area contributed by atoms with Gasteiger partial charge in [0.25, 0.3) is 5.91 Å². The summed E-state index contributed by atoms with van der Waals surface area (Å²) in [4.78, 5) is 23.1. The Balaban J connectivity index is 1.50. The van der Waals surface area contributed by atoms with E-state index >= 15 is 0 Å². The number of fused-ring (bicyclic) bond motifs is 1. The summed E-state index contributed by atoms with van der Waals surface area (Å²) in [6, 6.07) is 25.8. The Kier molecular flexibility index (Phi) is 7.19. The van der Waals surface area contributed by atoms with Crippen LogP contribution in [0.2, 0.25) is 0 Å². The first kappa shape index (κ1) is 23.5. The van der Waals surface area contributed by atoms with Crippen LogP contribution in [0.5, 0.6) is 0 Å². The van der Waals surface area contributed by atoms with Crippen LogP contribution in [0.15, 0.2) is 101 Å². The van der Waals surface area contributed by atoms with Crippen molar-refractivity contribution in [2.75, 3.05) is 7.05 Å². The number of nitrogens with zero attached hydrogens (tertiary/aromatic N) is 4. The van der Waals surface area contributed by atoms with Gasteiger partial charge in [0.05, 0.1) is 22.5 Å². The molecule has 0 aliphatic heterocycles. The third kappa shape index (κ3) is 5.37. The van der Waals surface area contributed by atoms with Crippen molar-refractivity contribution in [3.8, 4) is 0 Å². The Morgan fingerprint density at radius 3 is 2.53 bits per heavy atom. The zero-order chi connectivity index (χ0) is 24.7. The predicted octanol–water partition coefficient (Wildman–Crippen LogP) is 5.75. The number of hydrogen-bond donors (Lipinski definition) is 1. The molecule has 0 spiro atoms. The molecule has 0 unspecified atom stereocenters. The lowest BCUT2D eigenvalue weighted by atomic mass is 10.2. The molecule has 3 aromatic heterocycles. The minimum atomic E-state index is -0.0958. The molecule has 0 aliphatic rings. The number of carbonyl (C=O) groups is 1. The average molecular weight is 492 g/mol. The summed E-state index contributed by atoms with van der Waals surface area (Å²) in [6.45, 7) is 0.702. The Labute approximate surface area is 214 Å².